The van der Waals surface area contributed by atoms with Crippen molar-refractivity contribution in [2.75, 3.05) is 0 Å². The van der Waals surface area contributed by atoms with E-state index in [1.807, 2.05) is 0 Å². The van der Waals surface area contributed by atoms with Gasteiger partial charge in [-0.05, 0) is 18.3 Å². The van der Waals surface area contributed by atoms with Crippen LogP contribution >= 0.6 is 12.4 Å². The maximum atomic E-state index is 10.4. The third-order valence-corrected chi connectivity index (χ3v) is 2.18. The van der Waals surface area contributed by atoms with E-state index >= 15 is 0 Å². The molecular weight excluding hydrogens is 202 g/mol. The summed E-state index contributed by atoms with van der Waals surface area (Å²) >= 11 is 0. The predicted molar refractivity (Wildman–Crippen MR) is 60.8 cm³/mol. The summed E-state index contributed by atoms with van der Waals surface area (Å²) in [5.41, 5.74) is 5.88. The Labute approximate surface area is 92.5 Å². The molecular formula is C10H22ClNO2. The van der Waals surface area contributed by atoms with Crippen molar-refractivity contribution < 1.29 is 9.90 Å². The Bertz CT molecular complexity index is 172. The van der Waals surface area contributed by atoms with Gasteiger partial charge in [0, 0.05) is 6.04 Å². The van der Waals surface area contributed by atoms with Crippen molar-refractivity contribution in [3.63, 3.8) is 0 Å². The fraction of sp³-hybridized carbons (Fsp3) is 0.900. The van der Waals surface area contributed by atoms with E-state index in [1.54, 1.807) is 0 Å². The molecule has 0 aliphatic rings. The number of rotatable bonds is 6. The van der Waals surface area contributed by atoms with Gasteiger partial charge in [-0.2, -0.15) is 0 Å². The maximum absolute atomic E-state index is 10.4. The van der Waals surface area contributed by atoms with E-state index in [-0.39, 0.29) is 30.3 Å². The largest absolute Gasteiger partial charge is 0.481 e. The first-order valence-electron chi connectivity index (χ1n) is 4.85. The minimum absolute atomic E-state index is 0. The number of nitrogens with two attached hydrogens (primary N) is 1. The second-order valence-electron chi connectivity index (χ2n) is 4.48. The molecule has 1 atom stereocenters. The highest BCUT2D eigenvalue weighted by molar-refractivity contribution is 5.85. The number of hydrogen-bond acceptors (Lipinski definition) is 2. The quantitative estimate of drug-likeness (QED) is 0.727. The summed E-state index contributed by atoms with van der Waals surface area (Å²) in [5, 5.41) is 8.53. The van der Waals surface area contributed by atoms with Gasteiger partial charge in [0.05, 0.1) is 6.42 Å². The molecule has 4 heteroatoms. The van der Waals surface area contributed by atoms with Crippen LogP contribution in [0.25, 0.3) is 0 Å². The summed E-state index contributed by atoms with van der Waals surface area (Å²) in [7, 11) is 0. The van der Waals surface area contributed by atoms with Gasteiger partial charge in [0.1, 0.15) is 0 Å². The van der Waals surface area contributed by atoms with Crippen molar-refractivity contribution >= 4 is 18.4 Å². The van der Waals surface area contributed by atoms with E-state index in [0.29, 0.717) is 0 Å². The molecule has 14 heavy (non-hydrogen) atoms. The fourth-order valence-corrected chi connectivity index (χ4v) is 1.79. The molecule has 0 saturated heterocycles. The third-order valence-electron chi connectivity index (χ3n) is 2.18. The minimum atomic E-state index is -0.806. The Morgan fingerprint density at radius 3 is 2.36 bits per heavy atom. The van der Waals surface area contributed by atoms with E-state index in [2.05, 4.69) is 20.8 Å². The number of aliphatic carboxylic acids is 1. The highest BCUT2D eigenvalue weighted by Gasteiger charge is 2.21. The molecule has 0 aromatic carbocycles. The first kappa shape index (κ1) is 16.2. The monoisotopic (exact) mass is 223 g/mol. The summed E-state index contributed by atoms with van der Waals surface area (Å²) in [6.45, 7) is 6.40. The lowest BCUT2D eigenvalue weighted by Crippen LogP contribution is -2.30. The Hall–Kier alpha value is -0.280. The zero-order valence-electron chi connectivity index (χ0n) is 9.25. The molecule has 0 rings (SSSR count). The van der Waals surface area contributed by atoms with Crippen LogP contribution in [0, 0.1) is 5.41 Å². The van der Waals surface area contributed by atoms with Crippen LogP contribution in [-0.4, -0.2) is 17.1 Å². The average Bonchev–Trinajstić information content (AvgIpc) is 1.81. The highest BCUT2D eigenvalue weighted by atomic mass is 35.5. The van der Waals surface area contributed by atoms with E-state index in [9.17, 15) is 4.79 Å². The molecule has 0 spiro atoms. The molecule has 3 nitrogen and oxygen atoms in total. The number of hydrogen-bond donors (Lipinski definition) is 2. The number of carboxylic acid groups (broad SMARTS) is 1. The lowest BCUT2D eigenvalue weighted by Gasteiger charge is -2.26. The van der Waals surface area contributed by atoms with Crippen LogP contribution in [0.15, 0.2) is 0 Å². The fourth-order valence-electron chi connectivity index (χ4n) is 1.79. The molecule has 0 aliphatic heterocycles. The van der Waals surface area contributed by atoms with Gasteiger partial charge in [0.25, 0.3) is 0 Å². The average molecular weight is 224 g/mol. The van der Waals surface area contributed by atoms with Crippen LogP contribution in [0.4, 0.5) is 0 Å². The van der Waals surface area contributed by atoms with Crippen molar-refractivity contribution in [1.82, 2.24) is 0 Å². The van der Waals surface area contributed by atoms with E-state index < -0.39 is 5.97 Å². The van der Waals surface area contributed by atoms with E-state index in [1.165, 1.54) is 0 Å². The summed E-state index contributed by atoms with van der Waals surface area (Å²) in [6.07, 6.45) is 3.08. The second-order valence-corrected chi connectivity index (χ2v) is 4.48. The van der Waals surface area contributed by atoms with Gasteiger partial charge in [0.2, 0.25) is 0 Å². The van der Waals surface area contributed by atoms with Crippen molar-refractivity contribution in [1.29, 1.82) is 0 Å². The van der Waals surface area contributed by atoms with Gasteiger partial charge < -0.3 is 10.8 Å². The SMILES string of the molecule is CCCC(C)(C)CC(N)CC(=O)O.Cl. The van der Waals surface area contributed by atoms with Crippen LogP contribution in [0.1, 0.15) is 46.5 Å². The second kappa shape index (κ2) is 7.07. The molecule has 3 N–H and O–H groups in total. The van der Waals surface area contributed by atoms with Gasteiger partial charge in [-0.1, -0.05) is 27.2 Å². The van der Waals surface area contributed by atoms with Crippen LogP contribution in [0.2, 0.25) is 0 Å². The van der Waals surface area contributed by atoms with E-state index in [4.69, 9.17) is 10.8 Å². The van der Waals surface area contributed by atoms with Gasteiger partial charge in [-0.15, -0.1) is 12.4 Å². The summed E-state index contributed by atoms with van der Waals surface area (Å²) < 4.78 is 0. The first-order chi connectivity index (χ1) is 5.87. The van der Waals surface area contributed by atoms with Crippen LogP contribution in [0.3, 0.4) is 0 Å². The number of halogens is 1. The van der Waals surface area contributed by atoms with Crippen molar-refractivity contribution in [3.8, 4) is 0 Å². The molecule has 0 aliphatic carbocycles. The molecule has 1 unspecified atom stereocenters. The molecule has 0 aromatic rings. The summed E-state index contributed by atoms with van der Waals surface area (Å²) in [5.74, 6) is -0.806. The van der Waals surface area contributed by atoms with E-state index in [0.717, 1.165) is 19.3 Å². The normalized spacial score (nSPS) is 13.1. The van der Waals surface area contributed by atoms with Crippen molar-refractivity contribution in [2.24, 2.45) is 11.1 Å². The third kappa shape index (κ3) is 8.32. The lowest BCUT2D eigenvalue weighted by molar-refractivity contribution is -0.137. The maximum Gasteiger partial charge on any atom is 0.304 e. The zero-order chi connectivity index (χ0) is 10.5. The van der Waals surface area contributed by atoms with Crippen molar-refractivity contribution in [2.45, 2.75) is 52.5 Å². The molecule has 0 radical (unpaired) electrons. The lowest BCUT2D eigenvalue weighted by atomic mass is 9.81. The predicted octanol–water partition coefficient (Wildman–Crippen LogP) is 2.43. The first-order valence-corrected chi connectivity index (χ1v) is 4.85. The zero-order valence-corrected chi connectivity index (χ0v) is 10.1. The van der Waals surface area contributed by atoms with Gasteiger partial charge in [-0.3, -0.25) is 4.79 Å². The smallest absolute Gasteiger partial charge is 0.304 e. The molecule has 0 bridgehead atoms. The highest BCUT2D eigenvalue weighted by Crippen LogP contribution is 2.28. The van der Waals surface area contributed by atoms with Crippen LogP contribution < -0.4 is 5.73 Å². The molecule has 0 amide bonds. The van der Waals surface area contributed by atoms with Crippen LogP contribution in [0.5, 0.6) is 0 Å². The van der Waals surface area contributed by atoms with Crippen molar-refractivity contribution in [3.05, 3.63) is 0 Å². The standard InChI is InChI=1S/C10H21NO2.ClH/c1-4-5-10(2,3)7-8(11)6-9(12)13;/h8H,4-7,11H2,1-3H3,(H,12,13);1H. The van der Waals surface area contributed by atoms with Gasteiger partial charge in [-0.25, -0.2) is 0 Å². The summed E-state index contributed by atoms with van der Waals surface area (Å²) in [4.78, 5) is 10.4. The number of carboxylic acids is 1. The molecule has 0 heterocycles. The molecule has 0 fully saturated rings. The number of carbonyl (C=O) groups is 1. The Kier molecular flexibility index (Phi) is 8.16. The molecule has 0 saturated carbocycles. The minimum Gasteiger partial charge on any atom is -0.481 e. The van der Waals surface area contributed by atoms with Gasteiger partial charge >= 0.3 is 5.97 Å². The Balaban J connectivity index is 0. The molecule has 0 aromatic heterocycles. The Morgan fingerprint density at radius 1 is 1.50 bits per heavy atom. The Morgan fingerprint density at radius 2 is 2.00 bits per heavy atom. The van der Waals surface area contributed by atoms with Gasteiger partial charge in [0.15, 0.2) is 0 Å². The summed E-state index contributed by atoms with van der Waals surface area (Å²) in [6, 6.07) is -0.209. The topological polar surface area (TPSA) is 63.3 Å². The van der Waals surface area contributed by atoms with Crippen LogP contribution in [-0.2, 0) is 4.79 Å². The molecule has 86 valence electrons.